The highest BCUT2D eigenvalue weighted by molar-refractivity contribution is 7.14. The molecule has 0 radical (unpaired) electrons. The zero-order valence-corrected chi connectivity index (χ0v) is 16.9. The van der Waals surface area contributed by atoms with Crippen molar-refractivity contribution in [3.63, 3.8) is 0 Å². The van der Waals surface area contributed by atoms with Gasteiger partial charge in [-0.3, -0.25) is 14.9 Å². The van der Waals surface area contributed by atoms with E-state index in [0.717, 1.165) is 29.5 Å². The van der Waals surface area contributed by atoms with Gasteiger partial charge in [0.2, 0.25) is 0 Å². The van der Waals surface area contributed by atoms with Crippen molar-refractivity contribution in [1.82, 2.24) is 4.98 Å². The van der Waals surface area contributed by atoms with Gasteiger partial charge in [-0.2, -0.15) is 0 Å². The average molecular weight is 429 g/mol. The molecule has 3 aromatic rings. The second-order valence-electron chi connectivity index (χ2n) is 6.66. The smallest absolute Gasteiger partial charge is 0.288 e. The molecule has 148 valence electrons. The van der Waals surface area contributed by atoms with E-state index in [4.69, 9.17) is 16.6 Å². The summed E-state index contributed by atoms with van der Waals surface area (Å²) in [5.41, 5.74) is 2.33. The number of carbonyl (C=O) groups excluding carboxylic acids is 1. The van der Waals surface area contributed by atoms with Crippen LogP contribution in [0.15, 0.2) is 47.8 Å². The van der Waals surface area contributed by atoms with Crippen LogP contribution in [-0.4, -0.2) is 28.9 Å². The van der Waals surface area contributed by atoms with E-state index >= 15 is 0 Å². The summed E-state index contributed by atoms with van der Waals surface area (Å²) in [4.78, 5) is 29.8. The lowest BCUT2D eigenvalue weighted by molar-refractivity contribution is -0.384. The average Bonchev–Trinajstić information content (AvgIpc) is 3.40. The Balaban J connectivity index is 1.46. The molecule has 1 fully saturated rings. The number of benzene rings is 2. The van der Waals surface area contributed by atoms with E-state index in [-0.39, 0.29) is 16.3 Å². The molecule has 1 saturated heterocycles. The van der Waals surface area contributed by atoms with E-state index in [1.165, 1.54) is 31.0 Å². The predicted octanol–water partition coefficient (Wildman–Crippen LogP) is 5.22. The lowest BCUT2D eigenvalue weighted by atomic mass is 10.1. The quantitative estimate of drug-likeness (QED) is 0.444. The molecule has 0 spiro atoms. The first-order valence-corrected chi connectivity index (χ1v) is 10.3. The van der Waals surface area contributed by atoms with Gasteiger partial charge in [-0.1, -0.05) is 23.7 Å². The van der Waals surface area contributed by atoms with Gasteiger partial charge in [-0.05, 0) is 37.1 Å². The number of nitrogens with one attached hydrogen (secondary N) is 1. The van der Waals surface area contributed by atoms with Gasteiger partial charge >= 0.3 is 0 Å². The van der Waals surface area contributed by atoms with E-state index in [0.29, 0.717) is 5.69 Å². The van der Waals surface area contributed by atoms with Crippen LogP contribution in [0.25, 0.3) is 11.3 Å². The number of halogens is 1. The minimum Gasteiger partial charge on any atom is -0.348 e. The number of hydrogen-bond donors (Lipinski definition) is 1. The number of rotatable bonds is 5. The molecule has 4 rings (SSSR count). The molecule has 1 aliphatic rings. The minimum absolute atomic E-state index is 0.00698. The van der Waals surface area contributed by atoms with Crippen molar-refractivity contribution in [3.05, 3.63) is 68.5 Å². The molecule has 0 unspecified atom stereocenters. The van der Waals surface area contributed by atoms with Crippen LogP contribution in [0.1, 0.15) is 23.2 Å². The molecule has 1 aromatic heterocycles. The Hall–Kier alpha value is -2.97. The van der Waals surface area contributed by atoms with Crippen LogP contribution < -0.4 is 10.2 Å². The Bertz CT molecular complexity index is 1060. The third-order valence-electron chi connectivity index (χ3n) is 4.71. The summed E-state index contributed by atoms with van der Waals surface area (Å²) < 4.78 is 0. The van der Waals surface area contributed by atoms with Crippen LogP contribution >= 0.6 is 22.9 Å². The van der Waals surface area contributed by atoms with Gasteiger partial charge in [0.25, 0.3) is 11.6 Å². The summed E-state index contributed by atoms with van der Waals surface area (Å²) in [7, 11) is 0. The number of anilines is 2. The van der Waals surface area contributed by atoms with Gasteiger partial charge in [0.15, 0.2) is 5.13 Å². The number of nitro groups is 1. The lowest BCUT2D eigenvalue weighted by Gasteiger charge is -2.12. The summed E-state index contributed by atoms with van der Waals surface area (Å²) in [6.07, 6.45) is 2.42. The second-order valence-corrected chi connectivity index (χ2v) is 7.91. The highest BCUT2D eigenvalue weighted by Gasteiger charge is 2.17. The summed E-state index contributed by atoms with van der Waals surface area (Å²) in [5, 5.41) is 16.8. The fraction of sp³-hybridized carbons (Fsp3) is 0.200. The number of hydrogen-bond acceptors (Lipinski definition) is 6. The normalized spacial score (nSPS) is 13.5. The Morgan fingerprint density at radius 2 is 1.90 bits per heavy atom. The van der Waals surface area contributed by atoms with Crippen molar-refractivity contribution in [3.8, 4) is 11.3 Å². The van der Waals surface area contributed by atoms with Crippen LogP contribution in [0, 0.1) is 10.1 Å². The Morgan fingerprint density at radius 3 is 2.59 bits per heavy atom. The Morgan fingerprint density at radius 1 is 1.17 bits per heavy atom. The zero-order chi connectivity index (χ0) is 20.4. The SMILES string of the molecule is O=C(Nc1ccc(-c2csc(N3CCCC3)n2)cc1)c1ccc(Cl)c([N+](=O)[O-])c1. The molecular weight excluding hydrogens is 412 g/mol. The van der Waals surface area contributed by atoms with Crippen LogP contribution in [0.2, 0.25) is 5.02 Å². The summed E-state index contributed by atoms with van der Waals surface area (Å²) in [5.74, 6) is -0.442. The first-order valence-electron chi connectivity index (χ1n) is 9.07. The molecule has 7 nitrogen and oxygen atoms in total. The van der Waals surface area contributed by atoms with Crippen molar-refractivity contribution in [2.24, 2.45) is 0 Å². The van der Waals surface area contributed by atoms with Gasteiger partial charge in [-0.15, -0.1) is 11.3 Å². The molecule has 2 heterocycles. The van der Waals surface area contributed by atoms with E-state index < -0.39 is 10.8 Å². The fourth-order valence-electron chi connectivity index (χ4n) is 3.17. The maximum atomic E-state index is 12.4. The summed E-state index contributed by atoms with van der Waals surface area (Å²) in [6, 6.07) is 11.3. The van der Waals surface area contributed by atoms with Crippen LogP contribution in [0.5, 0.6) is 0 Å². The van der Waals surface area contributed by atoms with E-state index in [9.17, 15) is 14.9 Å². The summed E-state index contributed by atoms with van der Waals surface area (Å²) in [6.45, 7) is 2.11. The maximum absolute atomic E-state index is 12.4. The van der Waals surface area contributed by atoms with Crippen molar-refractivity contribution in [2.45, 2.75) is 12.8 Å². The number of nitro benzene ring substituents is 1. The van der Waals surface area contributed by atoms with Crippen molar-refractivity contribution >= 4 is 45.4 Å². The molecule has 0 atom stereocenters. The van der Waals surface area contributed by atoms with E-state index in [2.05, 4.69) is 10.2 Å². The van der Waals surface area contributed by atoms with Crippen LogP contribution in [0.3, 0.4) is 0 Å². The number of nitrogens with zero attached hydrogens (tertiary/aromatic N) is 3. The molecular formula is C20H17ClN4O3S. The van der Waals surface area contributed by atoms with Gasteiger partial charge in [0, 0.05) is 41.4 Å². The molecule has 1 N–H and O–H groups in total. The molecule has 29 heavy (non-hydrogen) atoms. The van der Waals surface area contributed by atoms with Gasteiger partial charge < -0.3 is 10.2 Å². The molecule has 0 aliphatic carbocycles. The maximum Gasteiger partial charge on any atom is 0.288 e. The lowest BCUT2D eigenvalue weighted by Crippen LogP contribution is -2.17. The van der Waals surface area contributed by atoms with E-state index in [1.807, 2.05) is 17.5 Å². The third-order valence-corrected chi connectivity index (χ3v) is 5.93. The molecule has 9 heteroatoms. The highest BCUT2D eigenvalue weighted by atomic mass is 35.5. The van der Waals surface area contributed by atoms with Crippen molar-refractivity contribution in [1.29, 1.82) is 0 Å². The Labute approximate surface area is 176 Å². The fourth-order valence-corrected chi connectivity index (χ4v) is 4.25. The monoisotopic (exact) mass is 428 g/mol. The van der Waals surface area contributed by atoms with Crippen molar-refractivity contribution in [2.75, 3.05) is 23.3 Å². The molecule has 0 bridgehead atoms. The third kappa shape index (κ3) is 4.23. The highest BCUT2D eigenvalue weighted by Crippen LogP contribution is 2.30. The first-order chi connectivity index (χ1) is 14.0. The predicted molar refractivity (Wildman–Crippen MR) is 115 cm³/mol. The number of aromatic nitrogens is 1. The minimum atomic E-state index is -0.613. The summed E-state index contributed by atoms with van der Waals surface area (Å²) >= 11 is 7.43. The number of thiazole rings is 1. The molecule has 2 aromatic carbocycles. The molecule has 1 aliphatic heterocycles. The zero-order valence-electron chi connectivity index (χ0n) is 15.3. The van der Waals surface area contributed by atoms with Crippen LogP contribution in [0.4, 0.5) is 16.5 Å². The molecule has 1 amide bonds. The first kappa shape index (κ1) is 19.4. The van der Waals surface area contributed by atoms with Gasteiger partial charge in [0.05, 0.1) is 10.6 Å². The molecule has 0 saturated carbocycles. The van der Waals surface area contributed by atoms with Gasteiger partial charge in [-0.25, -0.2) is 4.98 Å². The van der Waals surface area contributed by atoms with E-state index in [1.54, 1.807) is 23.5 Å². The topological polar surface area (TPSA) is 88.4 Å². The van der Waals surface area contributed by atoms with Crippen LogP contribution in [-0.2, 0) is 0 Å². The van der Waals surface area contributed by atoms with Crippen molar-refractivity contribution < 1.29 is 9.72 Å². The second kappa shape index (κ2) is 8.18. The number of carbonyl (C=O) groups is 1. The van der Waals surface area contributed by atoms with Gasteiger partial charge in [0.1, 0.15) is 5.02 Å². The largest absolute Gasteiger partial charge is 0.348 e. The number of amides is 1. The standard InChI is InChI=1S/C20H17ClN4O3S/c21-16-8-5-14(11-18(16)25(27)28)19(26)22-15-6-3-13(4-7-15)17-12-29-20(23-17)24-9-1-2-10-24/h3-8,11-12H,1-2,9-10H2,(H,22,26). The Kier molecular flexibility index (Phi) is 5.46.